The van der Waals surface area contributed by atoms with Crippen molar-refractivity contribution in [1.82, 2.24) is 14.6 Å². The van der Waals surface area contributed by atoms with Crippen molar-refractivity contribution >= 4 is 17.4 Å². The lowest BCUT2D eigenvalue weighted by Crippen LogP contribution is -1.97. The molecule has 26 heavy (non-hydrogen) atoms. The van der Waals surface area contributed by atoms with E-state index in [1.54, 1.807) is 23.4 Å². The van der Waals surface area contributed by atoms with Crippen LogP contribution in [-0.2, 0) is 5.75 Å². The summed E-state index contributed by atoms with van der Waals surface area (Å²) in [7, 11) is 1.66. The van der Waals surface area contributed by atoms with Crippen LogP contribution in [0.4, 0.5) is 0 Å². The van der Waals surface area contributed by atoms with Crippen LogP contribution in [0.5, 0.6) is 5.88 Å². The molecule has 0 saturated carbocycles. The number of hydrogen-bond donors (Lipinski definition) is 0. The Morgan fingerprint density at radius 2 is 1.73 bits per heavy atom. The molecule has 2 aromatic heterocycles. The zero-order chi connectivity index (χ0) is 17.9. The highest BCUT2D eigenvalue weighted by atomic mass is 32.2. The number of aryl methyl sites for hydroxylation is 1. The van der Waals surface area contributed by atoms with Crippen molar-refractivity contribution in [3.63, 3.8) is 0 Å². The first kappa shape index (κ1) is 16.7. The second-order valence-corrected chi connectivity index (χ2v) is 6.99. The molecule has 0 aliphatic rings. The molecule has 4 rings (SSSR count). The van der Waals surface area contributed by atoms with Crippen molar-refractivity contribution in [3.05, 3.63) is 77.9 Å². The maximum atomic E-state index is 5.62. The Balaban J connectivity index is 1.67. The lowest BCUT2D eigenvalue weighted by atomic mass is 10.1. The summed E-state index contributed by atoms with van der Waals surface area (Å²) < 4.78 is 7.40. The minimum Gasteiger partial charge on any atom is -0.479 e. The zero-order valence-electron chi connectivity index (χ0n) is 14.7. The van der Waals surface area contributed by atoms with Crippen molar-refractivity contribution in [2.45, 2.75) is 17.7 Å². The van der Waals surface area contributed by atoms with E-state index in [2.05, 4.69) is 31.2 Å². The van der Waals surface area contributed by atoms with Gasteiger partial charge >= 0.3 is 0 Å². The minimum absolute atomic E-state index is 0.657. The molecule has 0 bridgehead atoms. The Morgan fingerprint density at radius 1 is 0.962 bits per heavy atom. The van der Waals surface area contributed by atoms with Gasteiger partial charge in [-0.2, -0.15) is 9.61 Å². The lowest BCUT2D eigenvalue weighted by molar-refractivity contribution is 0.387. The Labute approximate surface area is 156 Å². The van der Waals surface area contributed by atoms with E-state index in [0.717, 1.165) is 27.7 Å². The molecule has 0 aliphatic heterocycles. The first-order valence-electron chi connectivity index (χ1n) is 8.43. The van der Waals surface area contributed by atoms with Crippen LogP contribution in [0.25, 0.3) is 16.9 Å². The molecule has 0 unspecified atom stereocenters. The number of benzene rings is 2. The van der Waals surface area contributed by atoms with Crippen LogP contribution in [0, 0.1) is 6.92 Å². The predicted molar refractivity (Wildman–Crippen MR) is 106 cm³/mol. The molecule has 4 aromatic rings. The average molecular weight is 361 g/mol. The SMILES string of the molecule is COc1c(-c2ccccc2)nc2ccc(SCc3ccccc3C)nn12. The highest BCUT2D eigenvalue weighted by Gasteiger charge is 2.16. The summed E-state index contributed by atoms with van der Waals surface area (Å²) in [4.78, 5) is 4.69. The van der Waals surface area contributed by atoms with Gasteiger partial charge in [0.2, 0.25) is 5.88 Å². The molecule has 4 nitrogen and oxygen atoms in total. The maximum Gasteiger partial charge on any atom is 0.243 e. The van der Waals surface area contributed by atoms with Gasteiger partial charge in [-0.1, -0.05) is 66.4 Å². The molecule has 0 fully saturated rings. The van der Waals surface area contributed by atoms with Crippen molar-refractivity contribution in [3.8, 4) is 17.1 Å². The monoisotopic (exact) mass is 361 g/mol. The summed E-state index contributed by atoms with van der Waals surface area (Å²) in [6.45, 7) is 2.14. The van der Waals surface area contributed by atoms with E-state index in [0.29, 0.717) is 5.88 Å². The average Bonchev–Trinajstić information content (AvgIpc) is 3.06. The van der Waals surface area contributed by atoms with Gasteiger partial charge in [0, 0.05) is 11.3 Å². The largest absolute Gasteiger partial charge is 0.479 e. The van der Waals surface area contributed by atoms with Gasteiger partial charge in [-0.3, -0.25) is 0 Å². The molecule has 0 N–H and O–H groups in total. The molecule has 0 saturated heterocycles. The van der Waals surface area contributed by atoms with Crippen LogP contribution >= 0.6 is 11.8 Å². The zero-order valence-corrected chi connectivity index (χ0v) is 15.5. The predicted octanol–water partition coefficient (Wildman–Crippen LogP) is 5.01. The van der Waals surface area contributed by atoms with Gasteiger partial charge in [-0.05, 0) is 30.2 Å². The summed E-state index contributed by atoms with van der Waals surface area (Å²) in [6.07, 6.45) is 0. The third kappa shape index (κ3) is 3.18. The Bertz CT molecular complexity index is 1040. The molecule has 0 radical (unpaired) electrons. The number of nitrogens with zero attached hydrogens (tertiary/aromatic N) is 3. The van der Waals surface area contributed by atoms with Gasteiger partial charge in [0.15, 0.2) is 5.65 Å². The number of methoxy groups -OCH3 is 1. The van der Waals surface area contributed by atoms with E-state index < -0.39 is 0 Å². The summed E-state index contributed by atoms with van der Waals surface area (Å²) in [5.41, 5.74) is 5.22. The van der Waals surface area contributed by atoms with Gasteiger partial charge < -0.3 is 4.74 Å². The van der Waals surface area contributed by atoms with E-state index >= 15 is 0 Å². The van der Waals surface area contributed by atoms with Gasteiger partial charge in [0.05, 0.1) is 7.11 Å². The minimum atomic E-state index is 0.657. The number of aromatic nitrogens is 3. The molecule has 2 aromatic carbocycles. The van der Waals surface area contributed by atoms with E-state index in [4.69, 9.17) is 14.8 Å². The maximum absolute atomic E-state index is 5.62. The molecule has 5 heteroatoms. The summed E-state index contributed by atoms with van der Waals surface area (Å²) in [5.74, 6) is 1.54. The molecule has 0 spiro atoms. The number of imidazole rings is 1. The third-order valence-electron chi connectivity index (χ3n) is 4.29. The van der Waals surface area contributed by atoms with E-state index in [1.165, 1.54) is 11.1 Å². The topological polar surface area (TPSA) is 39.4 Å². The number of rotatable bonds is 5. The number of hydrogen-bond acceptors (Lipinski definition) is 4. The number of ether oxygens (including phenoxy) is 1. The molecular formula is C21H19N3OS. The van der Waals surface area contributed by atoms with Gasteiger partial charge in [0.25, 0.3) is 0 Å². The lowest BCUT2D eigenvalue weighted by Gasteiger charge is -2.06. The molecule has 130 valence electrons. The van der Waals surface area contributed by atoms with Gasteiger partial charge in [-0.25, -0.2) is 4.98 Å². The fourth-order valence-corrected chi connectivity index (χ4v) is 3.80. The normalized spacial score (nSPS) is 11.0. The highest BCUT2D eigenvalue weighted by Crippen LogP contribution is 2.31. The van der Waals surface area contributed by atoms with Crippen molar-refractivity contribution in [1.29, 1.82) is 0 Å². The van der Waals surface area contributed by atoms with E-state index in [-0.39, 0.29) is 0 Å². The van der Waals surface area contributed by atoms with Crippen LogP contribution in [0.2, 0.25) is 0 Å². The van der Waals surface area contributed by atoms with Crippen LogP contribution < -0.4 is 4.74 Å². The first-order chi connectivity index (χ1) is 12.8. The van der Waals surface area contributed by atoms with Gasteiger partial charge in [-0.15, -0.1) is 0 Å². The van der Waals surface area contributed by atoms with Crippen molar-refractivity contribution in [2.24, 2.45) is 0 Å². The highest BCUT2D eigenvalue weighted by molar-refractivity contribution is 7.98. The summed E-state index contributed by atoms with van der Waals surface area (Å²) >= 11 is 1.71. The first-order valence-corrected chi connectivity index (χ1v) is 9.41. The van der Waals surface area contributed by atoms with Crippen LogP contribution in [0.15, 0.2) is 71.8 Å². The van der Waals surface area contributed by atoms with Crippen LogP contribution in [-0.4, -0.2) is 21.7 Å². The Hall–Kier alpha value is -2.79. The molecule has 0 atom stereocenters. The number of thioether (sulfide) groups is 1. The van der Waals surface area contributed by atoms with Crippen LogP contribution in [0.3, 0.4) is 0 Å². The second kappa shape index (κ2) is 7.22. The fraction of sp³-hybridized carbons (Fsp3) is 0.143. The van der Waals surface area contributed by atoms with Crippen molar-refractivity contribution < 1.29 is 4.74 Å². The molecule has 0 amide bonds. The summed E-state index contributed by atoms with van der Waals surface area (Å²) in [6, 6.07) is 22.5. The second-order valence-electron chi connectivity index (χ2n) is 5.99. The molecular weight excluding hydrogens is 342 g/mol. The molecule has 2 heterocycles. The smallest absolute Gasteiger partial charge is 0.243 e. The standard InChI is InChI=1S/C21H19N3OS/c1-15-8-6-7-11-17(15)14-26-19-13-12-18-22-20(16-9-4-3-5-10-16)21(25-2)24(18)23-19/h3-13H,14H2,1-2H3. The Kier molecular flexibility index (Phi) is 4.63. The number of fused-ring (bicyclic) bond motifs is 1. The third-order valence-corrected chi connectivity index (χ3v) is 5.26. The van der Waals surface area contributed by atoms with E-state index in [9.17, 15) is 0 Å². The van der Waals surface area contributed by atoms with Crippen molar-refractivity contribution in [2.75, 3.05) is 7.11 Å². The Morgan fingerprint density at radius 3 is 2.50 bits per heavy atom. The quantitative estimate of drug-likeness (QED) is 0.469. The van der Waals surface area contributed by atoms with E-state index in [1.807, 2.05) is 42.5 Å². The molecule has 0 aliphatic carbocycles. The summed E-state index contributed by atoms with van der Waals surface area (Å²) in [5, 5.41) is 5.67. The fourth-order valence-electron chi connectivity index (χ4n) is 2.86. The van der Waals surface area contributed by atoms with Crippen LogP contribution in [0.1, 0.15) is 11.1 Å². The van der Waals surface area contributed by atoms with Gasteiger partial charge in [0.1, 0.15) is 10.7 Å².